The molecular weight excluding hydrogens is 262 g/mol. The van der Waals surface area contributed by atoms with Crippen molar-refractivity contribution in [2.45, 2.75) is 77.8 Å². The van der Waals surface area contributed by atoms with Crippen LogP contribution >= 0.6 is 0 Å². The van der Waals surface area contributed by atoms with Crippen molar-refractivity contribution < 1.29 is 9.53 Å². The van der Waals surface area contributed by atoms with E-state index < -0.39 is 0 Å². The van der Waals surface area contributed by atoms with Gasteiger partial charge in [-0.1, -0.05) is 37.8 Å². The first-order chi connectivity index (χ1) is 10.1. The molecule has 0 saturated heterocycles. The van der Waals surface area contributed by atoms with Crippen LogP contribution in [0.5, 0.6) is 0 Å². The zero-order valence-corrected chi connectivity index (χ0v) is 13.9. The van der Waals surface area contributed by atoms with E-state index in [1.807, 2.05) is 6.92 Å². The highest BCUT2D eigenvalue weighted by Gasteiger charge is 2.34. The van der Waals surface area contributed by atoms with Gasteiger partial charge in [-0.15, -0.1) is 0 Å². The molecule has 0 aromatic rings. The maximum absolute atomic E-state index is 12.4. The van der Waals surface area contributed by atoms with Gasteiger partial charge in [0.1, 0.15) is 6.04 Å². The maximum atomic E-state index is 12.4. The summed E-state index contributed by atoms with van der Waals surface area (Å²) in [6, 6.07) is 0.369. The van der Waals surface area contributed by atoms with Crippen molar-refractivity contribution in [3.05, 3.63) is 11.6 Å². The summed E-state index contributed by atoms with van der Waals surface area (Å²) in [6.07, 6.45) is 10.8. The number of rotatable bonds is 5. The van der Waals surface area contributed by atoms with Crippen molar-refractivity contribution in [2.75, 3.05) is 6.61 Å². The van der Waals surface area contributed by atoms with Crippen LogP contribution in [0.15, 0.2) is 11.6 Å². The molecule has 0 aliphatic heterocycles. The van der Waals surface area contributed by atoms with E-state index in [4.69, 9.17) is 4.74 Å². The van der Waals surface area contributed by atoms with Crippen molar-refractivity contribution in [2.24, 2.45) is 11.8 Å². The molecule has 2 rings (SSSR count). The van der Waals surface area contributed by atoms with Gasteiger partial charge >= 0.3 is 5.97 Å². The molecule has 3 heteroatoms. The minimum Gasteiger partial charge on any atom is -0.465 e. The molecule has 0 bridgehead atoms. The van der Waals surface area contributed by atoms with Gasteiger partial charge in [-0.2, -0.15) is 0 Å². The van der Waals surface area contributed by atoms with Crippen molar-refractivity contribution in [3.8, 4) is 0 Å². The molecule has 120 valence electrons. The second-order valence-electron chi connectivity index (χ2n) is 6.92. The summed E-state index contributed by atoms with van der Waals surface area (Å²) in [4.78, 5) is 12.4. The summed E-state index contributed by atoms with van der Waals surface area (Å²) in [5, 5.41) is 3.65. The van der Waals surface area contributed by atoms with Crippen LogP contribution in [0.25, 0.3) is 0 Å². The van der Waals surface area contributed by atoms with E-state index in [2.05, 4.69) is 25.2 Å². The minimum absolute atomic E-state index is 0.0463. The van der Waals surface area contributed by atoms with Crippen molar-refractivity contribution in [1.82, 2.24) is 5.32 Å². The van der Waals surface area contributed by atoms with Gasteiger partial charge in [0.05, 0.1) is 6.61 Å². The summed E-state index contributed by atoms with van der Waals surface area (Å²) in [5.41, 5.74) is 1.42. The largest absolute Gasteiger partial charge is 0.465 e. The Labute approximate surface area is 129 Å². The van der Waals surface area contributed by atoms with E-state index in [0.29, 0.717) is 24.5 Å². The van der Waals surface area contributed by atoms with Gasteiger partial charge in [-0.3, -0.25) is 4.79 Å². The van der Waals surface area contributed by atoms with Crippen molar-refractivity contribution >= 4 is 5.97 Å². The Morgan fingerprint density at radius 1 is 1.38 bits per heavy atom. The molecule has 0 aromatic heterocycles. The van der Waals surface area contributed by atoms with Gasteiger partial charge in [0.2, 0.25) is 0 Å². The first-order valence-electron chi connectivity index (χ1n) is 8.70. The van der Waals surface area contributed by atoms with Gasteiger partial charge in [0.15, 0.2) is 0 Å². The zero-order valence-electron chi connectivity index (χ0n) is 13.9. The molecule has 0 heterocycles. The lowest BCUT2D eigenvalue weighted by atomic mass is 9.79. The number of hydrogen-bond acceptors (Lipinski definition) is 3. The lowest BCUT2D eigenvalue weighted by molar-refractivity contribution is -0.147. The average molecular weight is 293 g/mol. The summed E-state index contributed by atoms with van der Waals surface area (Å²) in [5.74, 6) is 0.898. The molecule has 3 nitrogen and oxygen atoms in total. The van der Waals surface area contributed by atoms with E-state index in [1.54, 1.807) is 0 Å². The van der Waals surface area contributed by atoms with Crippen LogP contribution in [0.3, 0.4) is 0 Å². The number of nitrogens with one attached hydrogen (secondary N) is 1. The van der Waals surface area contributed by atoms with E-state index in [-0.39, 0.29) is 12.0 Å². The van der Waals surface area contributed by atoms with Gasteiger partial charge in [0, 0.05) is 6.04 Å². The number of esters is 1. The highest BCUT2D eigenvalue weighted by atomic mass is 16.5. The Morgan fingerprint density at radius 2 is 2.10 bits per heavy atom. The summed E-state index contributed by atoms with van der Waals surface area (Å²) in [6.45, 7) is 6.80. The topological polar surface area (TPSA) is 38.3 Å². The summed E-state index contributed by atoms with van der Waals surface area (Å²) in [7, 11) is 0. The number of carbonyl (C=O) groups excluding carboxylic acids is 1. The van der Waals surface area contributed by atoms with Crippen LogP contribution in [-0.4, -0.2) is 24.7 Å². The third-order valence-electron chi connectivity index (χ3n) is 4.86. The summed E-state index contributed by atoms with van der Waals surface area (Å²) >= 11 is 0. The zero-order chi connectivity index (χ0) is 15.2. The molecule has 1 N–H and O–H groups in total. The molecule has 21 heavy (non-hydrogen) atoms. The predicted octanol–water partition coefficient (Wildman–Crippen LogP) is 3.83. The molecule has 2 aliphatic rings. The average Bonchev–Trinajstić information content (AvgIpc) is 2.45. The fourth-order valence-electron chi connectivity index (χ4n) is 4.00. The Morgan fingerprint density at radius 3 is 2.71 bits per heavy atom. The fraction of sp³-hybridized carbons (Fsp3) is 0.833. The molecule has 2 aliphatic carbocycles. The molecule has 0 radical (unpaired) electrons. The molecule has 0 aromatic carbocycles. The fourth-order valence-corrected chi connectivity index (χ4v) is 4.00. The molecule has 3 unspecified atom stereocenters. The Hall–Kier alpha value is -0.830. The van der Waals surface area contributed by atoms with E-state index in [0.717, 1.165) is 12.8 Å². The van der Waals surface area contributed by atoms with Crippen molar-refractivity contribution in [1.29, 1.82) is 0 Å². The SMILES string of the molecule is CCOC(=O)C(NC1CCCCC1)C1CC(C)=CC(C)C1. The third kappa shape index (κ3) is 4.84. The van der Waals surface area contributed by atoms with Crippen molar-refractivity contribution in [3.63, 3.8) is 0 Å². The normalized spacial score (nSPS) is 28.8. The van der Waals surface area contributed by atoms with Gasteiger partial charge in [0.25, 0.3) is 0 Å². The Kier molecular flexibility index (Phi) is 6.28. The van der Waals surface area contributed by atoms with Crippen LogP contribution < -0.4 is 5.32 Å². The number of carbonyl (C=O) groups is 1. The number of allylic oxidation sites excluding steroid dienone is 2. The van der Waals surface area contributed by atoms with Crippen LogP contribution in [0.4, 0.5) is 0 Å². The molecule has 0 spiro atoms. The van der Waals surface area contributed by atoms with Gasteiger partial charge in [-0.05, 0) is 51.4 Å². The lowest BCUT2D eigenvalue weighted by Gasteiger charge is -2.35. The first kappa shape index (κ1) is 16.5. The van der Waals surface area contributed by atoms with E-state index in [9.17, 15) is 4.79 Å². The Balaban J connectivity index is 2.04. The Bertz CT molecular complexity index is 371. The molecular formula is C18H31NO2. The summed E-state index contributed by atoms with van der Waals surface area (Å²) < 4.78 is 5.35. The smallest absolute Gasteiger partial charge is 0.323 e. The second kappa shape index (κ2) is 7.98. The lowest BCUT2D eigenvalue weighted by Crippen LogP contribution is -2.50. The van der Waals surface area contributed by atoms with Gasteiger partial charge < -0.3 is 10.1 Å². The standard InChI is InChI=1S/C18H31NO2/c1-4-21-18(20)17(19-16-8-6-5-7-9-16)15-11-13(2)10-14(3)12-15/h10,13,15-17,19H,4-9,11-12H2,1-3H3. The maximum Gasteiger partial charge on any atom is 0.323 e. The number of ether oxygens (including phenoxy) is 1. The molecule has 3 atom stereocenters. The monoisotopic (exact) mass is 293 g/mol. The first-order valence-corrected chi connectivity index (χ1v) is 8.70. The highest BCUT2D eigenvalue weighted by molar-refractivity contribution is 5.76. The predicted molar refractivity (Wildman–Crippen MR) is 86.1 cm³/mol. The quantitative estimate of drug-likeness (QED) is 0.618. The molecule has 1 fully saturated rings. The third-order valence-corrected chi connectivity index (χ3v) is 4.86. The van der Waals surface area contributed by atoms with Gasteiger partial charge in [-0.25, -0.2) is 0 Å². The van der Waals surface area contributed by atoms with Crippen LogP contribution in [0, 0.1) is 11.8 Å². The second-order valence-corrected chi connectivity index (χ2v) is 6.92. The molecule has 1 saturated carbocycles. The highest BCUT2D eigenvalue weighted by Crippen LogP contribution is 2.31. The van der Waals surface area contributed by atoms with E-state index >= 15 is 0 Å². The van der Waals surface area contributed by atoms with Crippen LogP contribution in [0.1, 0.15) is 65.7 Å². The van der Waals surface area contributed by atoms with E-state index in [1.165, 1.54) is 37.7 Å². The van der Waals surface area contributed by atoms with Crippen LogP contribution in [-0.2, 0) is 9.53 Å². The molecule has 0 amide bonds. The van der Waals surface area contributed by atoms with Crippen LogP contribution in [0.2, 0.25) is 0 Å². The number of hydrogen-bond donors (Lipinski definition) is 1. The minimum atomic E-state index is -0.126.